The molecule has 3 aromatic rings. The van der Waals surface area contributed by atoms with Crippen molar-refractivity contribution in [3.63, 3.8) is 0 Å². The monoisotopic (exact) mass is 412 g/mol. The highest BCUT2D eigenvalue weighted by atomic mass is 35.5. The molecular weight excluding hydrogens is 388 g/mol. The highest BCUT2D eigenvalue weighted by Gasteiger charge is 2.22. The average molecular weight is 413 g/mol. The molecule has 2 atom stereocenters. The van der Waals surface area contributed by atoms with Gasteiger partial charge in [-0.25, -0.2) is 4.68 Å². The third kappa shape index (κ3) is 4.28. The number of carbonyl (C=O) groups excluding carboxylic acids is 1. The van der Waals surface area contributed by atoms with Crippen LogP contribution in [0.5, 0.6) is 0 Å². The quantitative estimate of drug-likeness (QED) is 0.646. The Balaban J connectivity index is 1.79. The molecule has 1 amide bonds. The van der Waals surface area contributed by atoms with Crippen molar-refractivity contribution in [2.75, 3.05) is 5.32 Å². The largest absolute Gasteiger partial charge is 0.319 e. The molecule has 0 spiro atoms. The summed E-state index contributed by atoms with van der Waals surface area (Å²) in [7, 11) is 1.79. The number of benzene rings is 2. The summed E-state index contributed by atoms with van der Waals surface area (Å²) in [5.74, 6) is -0.282. The van der Waals surface area contributed by atoms with Crippen LogP contribution in [0.4, 0.5) is 5.69 Å². The SMILES string of the molecule is Cc1c(NC(=O)C(C)NC(C)c2ccccc2Cl)c(=O)n(-c2ccccc2)n1C. The summed E-state index contributed by atoms with van der Waals surface area (Å²) in [5.41, 5.74) is 2.34. The van der Waals surface area contributed by atoms with Crippen LogP contribution < -0.4 is 16.2 Å². The van der Waals surface area contributed by atoms with Crippen molar-refractivity contribution >= 4 is 23.2 Å². The van der Waals surface area contributed by atoms with E-state index in [2.05, 4.69) is 10.6 Å². The maximum atomic E-state index is 12.9. The van der Waals surface area contributed by atoms with E-state index in [4.69, 9.17) is 11.6 Å². The van der Waals surface area contributed by atoms with Crippen molar-refractivity contribution in [3.8, 4) is 5.69 Å². The number of halogens is 1. The molecule has 0 radical (unpaired) electrons. The summed E-state index contributed by atoms with van der Waals surface area (Å²) in [5, 5.41) is 6.67. The molecule has 2 aromatic carbocycles. The molecule has 152 valence electrons. The Morgan fingerprint density at radius 2 is 1.66 bits per heavy atom. The van der Waals surface area contributed by atoms with Crippen LogP contribution in [-0.2, 0) is 11.8 Å². The van der Waals surface area contributed by atoms with Crippen molar-refractivity contribution in [1.82, 2.24) is 14.7 Å². The highest BCUT2D eigenvalue weighted by molar-refractivity contribution is 6.31. The number of hydrogen-bond donors (Lipinski definition) is 2. The number of para-hydroxylation sites is 1. The van der Waals surface area contributed by atoms with E-state index < -0.39 is 6.04 Å². The minimum Gasteiger partial charge on any atom is -0.319 e. The van der Waals surface area contributed by atoms with Crippen molar-refractivity contribution < 1.29 is 4.79 Å². The zero-order valence-corrected chi connectivity index (χ0v) is 17.7. The third-order valence-electron chi connectivity index (χ3n) is 5.07. The van der Waals surface area contributed by atoms with Crippen molar-refractivity contribution in [2.45, 2.75) is 32.9 Å². The van der Waals surface area contributed by atoms with E-state index in [0.29, 0.717) is 10.7 Å². The van der Waals surface area contributed by atoms with Crippen LogP contribution in [0.25, 0.3) is 5.69 Å². The number of nitrogens with one attached hydrogen (secondary N) is 2. The zero-order chi connectivity index (χ0) is 21.1. The standard InChI is InChI=1S/C22H25ClN4O2/c1-14(18-12-8-9-13-19(18)23)24-15(2)21(28)25-20-16(3)26(4)27(22(20)29)17-10-6-5-7-11-17/h5-15,24H,1-4H3,(H,25,28). The van der Waals surface area contributed by atoms with E-state index in [9.17, 15) is 9.59 Å². The molecule has 0 aliphatic heterocycles. The predicted molar refractivity (Wildman–Crippen MR) is 117 cm³/mol. The fourth-order valence-corrected chi connectivity index (χ4v) is 3.61. The topological polar surface area (TPSA) is 68.1 Å². The molecule has 29 heavy (non-hydrogen) atoms. The Hall–Kier alpha value is -2.83. The van der Waals surface area contributed by atoms with E-state index in [1.165, 1.54) is 4.68 Å². The van der Waals surface area contributed by atoms with Gasteiger partial charge in [0.15, 0.2) is 0 Å². The number of rotatable bonds is 6. The van der Waals surface area contributed by atoms with E-state index in [1.54, 1.807) is 25.6 Å². The van der Waals surface area contributed by atoms with Gasteiger partial charge in [0.05, 0.1) is 17.4 Å². The fourth-order valence-electron chi connectivity index (χ4n) is 3.31. The van der Waals surface area contributed by atoms with Gasteiger partial charge < -0.3 is 5.32 Å². The number of nitrogens with zero attached hydrogens (tertiary/aromatic N) is 2. The van der Waals surface area contributed by atoms with Gasteiger partial charge in [0.1, 0.15) is 5.69 Å². The molecule has 0 aliphatic rings. The Kier molecular flexibility index (Phi) is 6.25. The smallest absolute Gasteiger partial charge is 0.295 e. The minimum atomic E-state index is -0.523. The maximum Gasteiger partial charge on any atom is 0.295 e. The minimum absolute atomic E-state index is 0.123. The van der Waals surface area contributed by atoms with E-state index in [0.717, 1.165) is 11.3 Å². The van der Waals surface area contributed by atoms with Crippen LogP contribution in [0.2, 0.25) is 5.02 Å². The Morgan fingerprint density at radius 1 is 1.03 bits per heavy atom. The molecule has 0 aliphatic carbocycles. The van der Waals surface area contributed by atoms with Crippen LogP contribution in [0.1, 0.15) is 31.1 Å². The second-order valence-electron chi connectivity index (χ2n) is 7.06. The first kappa shape index (κ1) is 20.9. The molecule has 7 heteroatoms. The number of hydrogen-bond acceptors (Lipinski definition) is 3. The fraction of sp³-hybridized carbons (Fsp3) is 0.273. The summed E-state index contributed by atoms with van der Waals surface area (Å²) in [6.45, 7) is 5.51. The van der Waals surface area contributed by atoms with E-state index in [1.807, 2.05) is 61.5 Å². The lowest BCUT2D eigenvalue weighted by Crippen LogP contribution is -2.40. The first-order valence-electron chi connectivity index (χ1n) is 9.46. The van der Waals surface area contributed by atoms with Crippen molar-refractivity contribution in [3.05, 3.63) is 81.2 Å². The van der Waals surface area contributed by atoms with Crippen LogP contribution in [0.15, 0.2) is 59.4 Å². The normalized spacial score (nSPS) is 13.1. The van der Waals surface area contributed by atoms with Crippen LogP contribution in [-0.4, -0.2) is 21.3 Å². The second kappa shape index (κ2) is 8.68. The van der Waals surface area contributed by atoms with Gasteiger partial charge in [0.2, 0.25) is 5.91 Å². The number of amides is 1. The number of carbonyl (C=O) groups is 1. The van der Waals surface area contributed by atoms with Gasteiger partial charge in [-0.05, 0) is 44.5 Å². The van der Waals surface area contributed by atoms with Crippen LogP contribution in [0, 0.1) is 6.92 Å². The van der Waals surface area contributed by atoms with Gasteiger partial charge in [-0.2, -0.15) is 0 Å². The molecule has 0 saturated carbocycles. The first-order chi connectivity index (χ1) is 13.8. The summed E-state index contributed by atoms with van der Waals surface area (Å²) in [6.07, 6.45) is 0. The Labute approximate surface area is 175 Å². The van der Waals surface area contributed by atoms with Gasteiger partial charge in [-0.1, -0.05) is 48.0 Å². The molecule has 1 aromatic heterocycles. The van der Waals surface area contributed by atoms with Crippen LogP contribution >= 0.6 is 11.6 Å². The second-order valence-corrected chi connectivity index (χ2v) is 7.46. The molecule has 2 unspecified atom stereocenters. The molecular formula is C22H25ClN4O2. The molecule has 3 rings (SSSR count). The highest BCUT2D eigenvalue weighted by Crippen LogP contribution is 2.22. The third-order valence-corrected chi connectivity index (χ3v) is 5.41. The van der Waals surface area contributed by atoms with Crippen molar-refractivity contribution in [1.29, 1.82) is 0 Å². The van der Waals surface area contributed by atoms with Gasteiger partial charge in [-0.15, -0.1) is 0 Å². The van der Waals surface area contributed by atoms with Crippen LogP contribution in [0.3, 0.4) is 0 Å². The maximum absolute atomic E-state index is 12.9. The Morgan fingerprint density at radius 3 is 2.31 bits per heavy atom. The van der Waals surface area contributed by atoms with E-state index in [-0.39, 0.29) is 23.2 Å². The lowest BCUT2D eigenvalue weighted by Gasteiger charge is -2.20. The van der Waals surface area contributed by atoms with E-state index >= 15 is 0 Å². The molecule has 0 bridgehead atoms. The lowest BCUT2D eigenvalue weighted by molar-refractivity contribution is -0.117. The van der Waals surface area contributed by atoms with Gasteiger partial charge >= 0.3 is 0 Å². The summed E-state index contributed by atoms with van der Waals surface area (Å²) < 4.78 is 3.27. The summed E-state index contributed by atoms with van der Waals surface area (Å²) >= 11 is 6.24. The van der Waals surface area contributed by atoms with Gasteiger partial charge in [0.25, 0.3) is 5.56 Å². The Bertz CT molecular complexity index is 1070. The van der Waals surface area contributed by atoms with Crippen molar-refractivity contribution in [2.24, 2.45) is 7.05 Å². The lowest BCUT2D eigenvalue weighted by atomic mass is 10.1. The van der Waals surface area contributed by atoms with Gasteiger partial charge in [-0.3, -0.25) is 19.6 Å². The average Bonchev–Trinajstić information content (AvgIpc) is 2.92. The summed E-state index contributed by atoms with van der Waals surface area (Å²) in [4.78, 5) is 25.7. The van der Waals surface area contributed by atoms with Gasteiger partial charge in [0, 0.05) is 18.1 Å². The zero-order valence-electron chi connectivity index (χ0n) is 16.9. The first-order valence-corrected chi connectivity index (χ1v) is 9.84. The molecule has 2 N–H and O–H groups in total. The number of anilines is 1. The summed E-state index contributed by atoms with van der Waals surface area (Å²) in [6, 6.07) is 16.2. The molecule has 6 nitrogen and oxygen atoms in total. The number of aromatic nitrogens is 2. The molecule has 1 heterocycles. The molecule has 0 fully saturated rings. The molecule has 0 saturated heterocycles. The predicted octanol–water partition coefficient (Wildman–Crippen LogP) is 3.82.